The van der Waals surface area contributed by atoms with E-state index in [0.717, 1.165) is 5.52 Å². The van der Waals surface area contributed by atoms with Crippen molar-refractivity contribution in [1.82, 2.24) is 10.2 Å². The Balaban J connectivity index is 2.00. The molecule has 0 spiro atoms. The van der Waals surface area contributed by atoms with Crippen molar-refractivity contribution < 1.29 is 17.9 Å². The SMILES string of the molecule is COc1ccc(S(=O)(=O)Nc2cccc3[nH]ncc23)cc1OC. The van der Waals surface area contributed by atoms with Crippen LogP contribution in [0.3, 0.4) is 0 Å². The Morgan fingerprint density at radius 3 is 2.61 bits per heavy atom. The minimum atomic E-state index is -3.77. The van der Waals surface area contributed by atoms with Crippen molar-refractivity contribution in [3.05, 3.63) is 42.6 Å². The Hall–Kier alpha value is -2.74. The lowest BCUT2D eigenvalue weighted by Crippen LogP contribution is -2.13. The predicted octanol–water partition coefficient (Wildman–Crippen LogP) is 2.38. The smallest absolute Gasteiger partial charge is 0.262 e. The van der Waals surface area contributed by atoms with Crippen LogP contribution >= 0.6 is 0 Å². The van der Waals surface area contributed by atoms with Crippen molar-refractivity contribution in [1.29, 1.82) is 0 Å². The van der Waals surface area contributed by atoms with Crippen molar-refractivity contribution in [2.45, 2.75) is 4.90 Å². The van der Waals surface area contributed by atoms with Crippen molar-refractivity contribution >= 4 is 26.6 Å². The largest absolute Gasteiger partial charge is 0.493 e. The van der Waals surface area contributed by atoms with E-state index in [1.807, 2.05) is 6.07 Å². The highest BCUT2D eigenvalue weighted by molar-refractivity contribution is 7.92. The standard InChI is InChI=1S/C15H15N3O4S/c1-21-14-7-6-10(8-15(14)22-2)23(19,20)18-13-5-3-4-12-11(13)9-16-17-12/h3-9,18H,1-2H3,(H,16,17). The number of nitrogens with zero attached hydrogens (tertiary/aromatic N) is 1. The third-order valence-corrected chi connectivity index (χ3v) is 4.76. The van der Waals surface area contributed by atoms with Crippen LogP contribution in [0.5, 0.6) is 11.5 Å². The van der Waals surface area contributed by atoms with Gasteiger partial charge < -0.3 is 9.47 Å². The molecule has 2 N–H and O–H groups in total. The van der Waals surface area contributed by atoms with Gasteiger partial charge in [0.1, 0.15) is 0 Å². The Kier molecular flexibility index (Phi) is 3.83. The van der Waals surface area contributed by atoms with Gasteiger partial charge in [0.05, 0.1) is 36.5 Å². The van der Waals surface area contributed by atoms with Gasteiger partial charge in [-0.2, -0.15) is 5.10 Å². The molecule has 0 saturated carbocycles. The van der Waals surface area contributed by atoms with Crippen LogP contribution in [0.2, 0.25) is 0 Å². The normalized spacial score (nSPS) is 11.4. The fourth-order valence-electron chi connectivity index (χ4n) is 2.24. The van der Waals surface area contributed by atoms with E-state index in [-0.39, 0.29) is 4.90 Å². The van der Waals surface area contributed by atoms with Gasteiger partial charge in [-0.25, -0.2) is 8.42 Å². The lowest BCUT2D eigenvalue weighted by Gasteiger charge is -2.12. The van der Waals surface area contributed by atoms with Crippen molar-refractivity contribution in [2.24, 2.45) is 0 Å². The van der Waals surface area contributed by atoms with Crippen LogP contribution in [0.15, 0.2) is 47.5 Å². The van der Waals surface area contributed by atoms with Gasteiger partial charge in [0.25, 0.3) is 10.0 Å². The number of hydrogen-bond donors (Lipinski definition) is 2. The monoisotopic (exact) mass is 333 g/mol. The lowest BCUT2D eigenvalue weighted by molar-refractivity contribution is 0.354. The molecule has 0 aliphatic heterocycles. The molecule has 3 aromatic rings. The van der Waals surface area contributed by atoms with E-state index in [2.05, 4.69) is 14.9 Å². The predicted molar refractivity (Wildman–Crippen MR) is 86.4 cm³/mol. The second-order valence-corrected chi connectivity index (χ2v) is 6.44. The first kappa shape index (κ1) is 15.2. The van der Waals surface area contributed by atoms with Crippen LogP contribution in [0.25, 0.3) is 10.9 Å². The van der Waals surface area contributed by atoms with Crippen molar-refractivity contribution in [3.8, 4) is 11.5 Å². The summed E-state index contributed by atoms with van der Waals surface area (Å²) >= 11 is 0. The van der Waals surface area contributed by atoms with Crippen LogP contribution in [0.4, 0.5) is 5.69 Å². The van der Waals surface area contributed by atoms with Gasteiger partial charge in [-0.3, -0.25) is 9.82 Å². The molecule has 8 heteroatoms. The lowest BCUT2D eigenvalue weighted by atomic mass is 10.2. The van der Waals surface area contributed by atoms with Crippen LogP contribution in [-0.2, 0) is 10.0 Å². The number of aromatic nitrogens is 2. The quantitative estimate of drug-likeness (QED) is 0.748. The molecule has 0 saturated heterocycles. The fraction of sp³-hybridized carbons (Fsp3) is 0.133. The van der Waals surface area contributed by atoms with E-state index in [1.165, 1.54) is 26.4 Å². The number of rotatable bonds is 5. The zero-order valence-corrected chi connectivity index (χ0v) is 13.3. The first-order chi connectivity index (χ1) is 11.0. The van der Waals surface area contributed by atoms with E-state index in [9.17, 15) is 8.42 Å². The first-order valence-electron chi connectivity index (χ1n) is 6.72. The van der Waals surface area contributed by atoms with Crippen LogP contribution in [-0.4, -0.2) is 32.8 Å². The Labute approximate surface area is 133 Å². The summed E-state index contributed by atoms with van der Waals surface area (Å²) in [5, 5.41) is 7.41. The number of ether oxygens (including phenoxy) is 2. The molecular formula is C15H15N3O4S. The maximum absolute atomic E-state index is 12.6. The van der Waals surface area contributed by atoms with Gasteiger partial charge in [0.2, 0.25) is 0 Å². The van der Waals surface area contributed by atoms with E-state index < -0.39 is 10.0 Å². The second kappa shape index (κ2) is 5.81. The molecule has 2 aromatic carbocycles. The Morgan fingerprint density at radius 1 is 1.09 bits per heavy atom. The summed E-state index contributed by atoms with van der Waals surface area (Å²) < 4.78 is 38.0. The van der Waals surface area contributed by atoms with Gasteiger partial charge in [0.15, 0.2) is 11.5 Å². The molecule has 1 aromatic heterocycles. The molecule has 0 unspecified atom stereocenters. The van der Waals surface area contributed by atoms with Crippen molar-refractivity contribution in [2.75, 3.05) is 18.9 Å². The number of benzene rings is 2. The van der Waals surface area contributed by atoms with Crippen molar-refractivity contribution in [3.63, 3.8) is 0 Å². The molecule has 0 aliphatic rings. The summed E-state index contributed by atoms with van der Waals surface area (Å²) in [6, 6.07) is 9.65. The average Bonchev–Trinajstić information content (AvgIpc) is 3.03. The van der Waals surface area contributed by atoms with E-state index >= 15 is 0 Å². The highest BCUT2D eigenvalue weighted by Crippen LogP contribution is 2.31. The molecule has 0 amide bonds. The molecule has 0 radical (unpaired) electrons. The average molecular weight is 333 g/mol. The molecule has 0 fully saturated rings. The number of methoxy groups -OCH3 is 2. The molecular weight excluding hydrogens is 318 g/mol. The third-order valence-electron chi connectivity index (χ3n) is 3.39. The van der Waals surface area contributed by atoms with E-state index in [1.54, 1.807) is 24.4 Å². The molecule has 120 valence electrons. The molecule has 1 heterocycles. The fourth-order valence-corrected chi connectivity index (χ4v) is 3.34. The Morgan fingerprint density at radius 2 is 1.87 bits per heavy atom. The summed E-state index contributed by atoms with van der Waals surface area (Å²) in [6.07, 6.45) is 1.57. The van der Waals surface area contributed by atoms with Gasteiger partial charge in [-0.1, -0.05) is 6.07 Å². The number of sulfonamides is 1. The second-order valence-electron chi connectivity index (χ2n) is 4.76. The summed E-state index contributed by atoms with van der Waals surface area (Å²) in [5.41, 5.74) is 1.20. The number of anilines is 1. The maximum Gasteiger partial charge on any atom is 0.262 e. The van der Waals surface area contributed by atoms with E-state index in [0.29, 0.717) is 22.6 Å². The zero-order valence-electron chi connectivity index (χ0n) is 12.5. The topological polar surface area (TPSA) is 93.3 Å². The minimum absolute atomic E-state index is 0.0793. The number of aromatic amines is 1. The number of H-pyrrole nitrogens is 1. The van der Waals surface area contributed by atoms with Gasteiger partial charge in [0, 0.05) is 11.5 Å². The molecule has 7 nitrogen and oxygen atoms in total. The van der Waals surface area contributed by atoms with E-state index in [4.69, 9.17) is 9.47 Å². The summed E-state index contributed by atoms with van der Waals surface area (Å²) in [4.78, 5) is 0.0793. The summed E-state index contributed by atoms with van der Waals surface area (Å²) in [5.74, 6) is 0.806. The highest BCUT2D eigenvalue weighted by Gasteiger charge is 2.18. The minimum Gasteiger partial charge on any atom is -0.493 e. The van der Waals surface area contributed by atoms with Gasteiger partial charge >= 0.3 is 0 Å². The van der Waals surface area contributed by atoms with Crippen LogP contribution in [0, 0.1) is 0 Å². The summed E-state index contributed by atoms with van der Waals surface area (Å²) in [6.45, 7) is 0. The first-order valence-corrected chi connectivity index (χ1v) is 8.20. The molecule has 0 atom stereocenters. The summed E-state index contributed by atoms with van der Waals surface area (Å²) in [7, 11) is -0.825. The number of fused-ring (bicyclic) bond motifs is 1. The Bertz CT molecular complexity index is 950. The molecule has 3 rings (SSSR count). The molecule has 23 heavy (non-hydrogen) atoms. The third kappa shape index (κ3) is 2.80. The van der Waals surface area contributed by atoms with Crippen LogP contribution < -0.4 is 14.2 Å². The zero-order chi connectivity index (χ0) is 16.4. The molecule has 0 aliphatic carbocycles. The van der Waals surface area contributed by atoms with Crippen LogP contribution in [0.1, 0.15) is 0 Å². The maximum atomic E-state index is 12.6. The van der Waals surface area contributed by atoms with Gasteiger partial charge in [-0.15, -0.1) is 0 Å². The molecule has 0 bridgehead atoms. The highest BCUT2D eigenvalue weighted by atomic mass is 32.2. The number of nitrogens with one attached hydrogen (secondary N) is 2. The van der Waals surface area contributed by atoms with Gasteiger partial charge in [-0.05, 0) is 24.3 Å². The number of hydrogen-bond acceptors (Lipinski definition) is 5.